The van der Waals surface area contributed by atoms with Crippen molar-refractivity contribution >= 4 is 22.8 Å². The molecule has 0 atom stereocenters. The smallest absolute Gasteiger partial charge is 0.126 e. The van der Waals surface area contributed by atoms with Crippen molar-refractivity contribution < 1.29 is 5.11 Å². The third-order valence-electron chi connectivity index (χ3n) is 4.93. The first-order valence-electron chi connectivity index (χ1n) is 8.82. The lowest BCUT2D eigenvalue weighted by molar-refractivity contribution is 0.203. The summed E-state index contributed by atoms with van der Waals surface area (Å²) >= 11 is 1.78. The molecule has 1 saturated heterocycles. The molecule has 6 heteroatoms. The van der Waals surface area contributed by atoms with Gasteiger partial charge in [0.1, 0.15) is 5.82 Å². The molecule has 1 saturated carbocycles. The van der Waals surface area contributed by atoms with Gasteiger partial charge in [0.2, 0.25) is 0 Å². The third kappa shape index (κ3) is 3.70. The molecule has 2 fully saturated rings. The van der Waals surface area contributed by atoms with Gasteiger partial charge in [-0.1, -0.05) is 0 Å². The van der Waals surface area contributed by atoms with E-state index in [0.717, 1.165) is 49.9 Å². The van der Waals surface area contributed by atoms with Gasteiger partial charge < -0.3 is 15.3 Å². The Morgan fingerprint density at radius 3 is 2.71 bits per heavy atom. The van der Waals surface area contributed by atoms with Crippen molar-refractivity contribution in [2.75, 3.05) is 29.9 Å². The molecule has 3 heterocycles. The zero-order chi connectivity index (χ0) is 16.4. The van der Waals surface area contributed by atoms with Crippen molar-refractivity contribution in [2.24, 2.45) is 5.92 Å². The number of aromatic nitrogens is 2. The number of nitrogens with one attached hydrogen (secondary N) is 1. The number of nitrogens with zero attached hydrogens (tertiary/aromatic N) is 3. The fraction of sp³-hybridized carbons (Fsp3) is 0.556. The molecule has 24 heavy (non-hydrogen) atoms. The van der Waals surface area contributed by atoms with Crippen molar-refractivity contribution in [1.29, 1.82) is 0 Å². The van der Waals surface area contributed by atoms with E-state index in [2.05, 4.69) is 26.6 Å². The standard InChI is InChI=1S/C18H24N4OS/c23-11-13-5-7-22(8-6-13)16-3-4-17(20-10-16)19-9-15-12-24-18(21-15)14-1-2-14/h3-4,10,12-14,23H,1-2,5-9,11H2,(H,19,20). The fourth-order valence-electron chi connectivity index (χ4n) is 3.15. The molecule has 0 bridgehead atoms. The first kappa shape index (κ1) is 15.8. The Morgan fingerprint density at radius 1 is 1.21 bits per heavy atom. The van der Waals surface area contributed by atoms with Crippen molar-refractivity contribution in [3.05, 3.63) is 34.4 Å². The zero-order valence-electron chi connectivity index (χ0n) is 13.8. The van der Waals surface area contributed by atoms with Crippen LogP contribution in [-0.2, 0) is 6.54 Å². The lowest BCUT2D eigenvalue weighted by atomic mass is 9.98. The summed E-state index contributed by atoms with van der Waals surface area (Å²) in [5.74, 6) is 2.09. The molecule has 0 amide bonds. The summed E-state index contributed by atoms with van der Waals surface area (Å²) in [5, 5.41) is 16.0. The van der Waals surface area contributed by atoms with Crippen molar-refractivity contribution in [3.63, 3.8) is 0 Å². The van der Waals surface area contributed by atoms with Crippen molar-refractivity contribution in [1.82, 2.24) is 9.97 Å². The van der Waals surface area contributed by atoms with Gasteiger partial charge in [-0.15, -0.1) is 11.3 Å². The van der Waals surface area contributed by atoms with Gasteiger partial charge in [0.25, 0.3) is 0 Å². The van der Waals surface area contributed by atoms with E-state index in [0.29, 0.717) is 12.5 Å². The maximum Gasteiger partial charge on any atom is 0.126 e. The van der Waals surface area contributed by atoms with Gasteiger partial charge >= 0.3 is 0 Å². The highest BCUT2D eigenvalue weighted by molar-refractivity contribution is 7.09. The first-order valence-corrected chi connectivity index (χ1v) is 9.70. The molecule has 0 radical (unpaired) electrons. The van der Waals surface area contributed by atoms with Crippen LogP contribution in [-0.4, -0.2) is 34.8 Å². The Labute approximate surface area is 146 Å². The topological polar surface area (TPSA) is 61.3 Å². The normalized spacial score (nSPS) is 18.8. The Morgan fingerprint density at radius 2 is 2.04 bits per heavy atom. The maximum absolute atomic E-state index is 9.23. The second-order valence-electron chi connectivity index (χ2n) is 6.82. The monoisotopic (exact) mass is 344 g/mol. The van der Waals surface area contributed by atoms with E-state index in [1.807, 2.05) is 12.3 Å². The summed E-state index contributed by atoms with van der Waals surface area (Å²) in [6.07, 6.45) is 6.67. The van der Waals surface area contributed by atoms with Gasteiger partial charge in [-0.05, 0) is 43.7 Å². The molecular weight excluding hydrogens is 320 g/mol. The largest absolute Gasteiger partial charge is 0.396 e. The number of pyridine rings is 1. The summed E-state index contributed by atoms with van der Waals surface area (Å²) in [5.41, 5.74) is 2.28. The van der Waals surface area contributed by atoms with Crippen LogP contribution in [0.1, 0.15) is 42.3 Å². The molecule has 0 spiro atoms. The minimum absolute atomic E-state index is 0.314. The van der Waals surface area contributed by atoms with Gasteiger partial charge in [0, 0.05) is 31.0 Å². The van der Waals surface area contributed by atoms with Crippen LogP contribution < -0.4 is 10.2 Å². The van der Waals surface area contributed by atoms with Crippen LogP contribution in [0, 0.1) is 5.92 Å². The number of thiazole rings is 1. The first-order chi connectivity index (χ1) is 11.8. The average Bonchev–Trinajstić information content (AvgIpc) is 3.39. The Hall–Kier alpha value is -1.66. The summed E-state index contributed by atoms with van der Waals surface area (Å²) in [6.45, 7) is 3.05. The minimum Gasteiger partial charge on any atom is -0.396 e. The number of anilines is 2. The molecule has 2 aliphatic rings. The molecule has 0 unspecified atom stereocenters. The average molecular weight is 344 g/mol. The van der Waals surface area contributed by atoms with E-state index in [1.165, 1.54) is 23.5 Å². The Bertz CT molecular complexity index is 660. The molecule has 5 nitrogen and oxygen atoms in total. The van der Waals surface area contributed by atoms with E-state index in [1.54, 1.807) is 11.3 Å². The minimum atomic E-state index is 0.314. The highest BCUT2D eigenvalue weighted by atomic mass is 32.1. The van der Waals surface area contributed by atoms with Crippen LogP contribution in [0.3, 0.4) is 0 Å². The summed E-state index contributed by atoms with van der Waals surface area (Å²) in [6, 6.07) is 4.17. The number of hydrogen-bond donors (Lipinski definition) is 2. The SMILES string of the molecule is OCC1CCN(c2ccc(NCc3csc(C4CC4)n3)nc2)CC1. The molecule has 1 aliphatic carbocycles. The van der Waals surface area contributed by atoms with Crippen LogP contribution >= 0.6 is 11.3 Å². The van der Waals surface area contributed by atoms with E-state index >= 15 is 0 Å². The quantitative estimate of drug-likeness (QED) is 0.842. The summed E-state index contributed by atoms with van der Waals surface area (Å²) in [7, 11) is 0. The van der Waals surface area contributed by atoms with Crippen molar-refractivity contribution in [3.8, 4) is 0 Å². The molecule has 2 aromatic rings. The van der Waals surface area contributed by atoms with Gasteiger partial charge in [-0.25, -0.2) is 9.97 Å². The second kappa shape index (κ2) is 7.07. The molecule has 0 aromatic carbocycles. The van der Waals surface area contributed by atoms with Gasteiger partial charge in [-0.3, -0.25) is 0 Å². The molecule has 2 aromatic heterocycles. The number of rotatable bonds is 6. The van der Waals surface area contributed by atoms with Gasteiger partial charge in [0.05, 0.1) is 29.1 Å². The summed E-state index contributed by atoms with van der Waals surface area (Å²) in [4.78, 5) is 11.6. The lowest BCUT2D eigenvalue weighted by Crippen LogP contribution is -2.34. The molecule has 4 rings (SSSR count). The second-order valence-corrected chi connectivity index (χ2v) is 7.71. The number of hydrogen-bond acceptors (Lipinski definition) is 6. The predicted octanol–water partition coefficient (Wildman–Crippen LogP) is 3.24. The number of aliphatic hydroxyl groups is 1. The summed E-state index contributed by atoms with van der Waals surface area (Å²) < 4.78 is 0. The molecule has 128 valence electrons. The Kier molecular flexibility index (Phi) is 4.67. The van der Waals surface area contributed by atoms with Crippen LogP contribution in [0.15, 0.2) is 23.7 Å². The van der Waals surface area contributed by atoms with Crippen LogP contribution in [0.5, 0.6) is 0 Å². The van der Waals surface area contributed by atoms with E-state index in [9.17, 15) is 5.11 Å². The number of piperidine rings is 1. The molecular formula is C18H24N4OS. The van der Waals surface area contributed by atoms with E-state index < -0.39 is 0 Å². The zero-order valence-corrected chi connectivity index (χ0v) is 14.6. The Balaban J connectivity index is 1.30. The van der Waals surface area contributed by atoms with Crippen molar-refractivity contribution in [2.45, 2.75) is 38.1 Å². The van der Waals surface area contributed by atoms with Crippen LogP contribution in [0.4, 0.5) is 11.5 Å². The fourth-order valence-corrected chi connectivity index (χ4v) is 4.15. The van der Waals surface area contributed by atoms with E-state index in [-0.39, 0.29) is 0 Å². The van der Waals surface area contributed by atoms with Crippen LogP contribution in [0.2, 0.25) is 0 Å². The highest BCUT2D eigenvalue weighted by Crippen LogP contribution is 2.41. The van der Waals surface area contributed by atoms with E-state index in [4.69, 9.17) is 4.98 Å². The highest BCUT2D eigenvalue weighted by Gasteiger charge is 2.26. The maximum atomic E-state index is 9.23. The van der Waals surface area contributed by atoms with Gasteiger partial charge in [-0.2, -0.15) is 0 Å². The lowest BCUT2D eigenvalue weighted by Gasteiger charge is -2.32. The van der Waals surface area contributed by atoms with Crippen LogP contribution in [0.25, 0.3) is 0 Å². The predicted molar refractivity (Wildman–Crippen MR) is 97.7 cm³/mol. The number of aliphatic hydroxyl groups excluding tert-OH is 1. The third-order valence-corrected chi connectivity index (χ3v) is 5.99. The molecule has 2 N–H and O–H groups in total. The molecule has 1 aliphatic heterocycles. The van der Waals surface area contributed by atoms with Gasteiger partial charge in [0.15, 0.2) is 0 Å².